The van der Waals surface area contributed by atoms with Gasteiger partial charge < -0.3 is 10.6 Å². The lowest BCUT2D eigenvalue weighted by atomic mass is 10.1. The van der Waals surface area contributed by atoms with E-state index in [-0.39, 0.29) is 11.4 Å². The average molecular weight is 450 g/mol. The fourth-order valence-electron chi connectivity index (χ4n) is 2.87. The van der Waals surface area contributed by atoms with E-state index in [1.54, 1.807) is 36.4 Å². The maximum atomic E-state index is 13.0. The zero-order valence-electron chi connectivity index (χ0n) is 17.4. The first-order chi connectivity index (χ1) is 15.2. The molecule has 0 aliphatic heterocycles. The number of hydrogen-bond acceptors (Lipinski definition) is 4. The number of hydrogen-bond donors (Lipinski definition) is 2. The molecule has 8 heteroatoms. The summed E-state index contributed by atoms with van der Waals surface area (Å²) in [6.07, 6.45) is 1.45. The third kappa shape index (κ3) is 5.80. The second kappa shape index (κ2) is 9.89. The maximum absolute atomic E-state index is 13.0. The molecule has 0 spiro atoms. The molecule has 0 aromatic heterocycles. The molecule has 2 N–H and O–H groups in total. The van der Waals surface area contributed by atoms with Gasteiger partial charge in [0.15, 0.2) is 0 Å². The zero-order chi connectivity index (χ0) is 23.3. The normalized spacial score (nSPS) is 11.0. The Morgan fingerprint density at radius 1 is 1.00 bits per heavy atom. The average Bonchev–Trinajstić information content (AvgIpc) is 2.76. The van der Waals surface area contributed by atoms with Crippen LogP contribution in [-0.4, -0.2) is 16.7 Å². The Morgan fingerprint density at radius 3 is 2.34 bits per heavy atom. The molecule has 32 heavy (non-hydrogen) atoms. The number of amides is 2. The molecule has 3 rings (SSSR count). The number of nitrogens with one attached hydrogen (secondary N) is 2. The van der Waals surface area contributed by atoms with E-state index < -0.39 is 16.7 Å². The first-order valence-corrected chi connectivity index (χ1v) is 10.0. The van der Waals surface area contributed by atoms with Gasteiger partial charge in [0.1, 0.15) is 5.70 Å². The minimum absolute atomic E-state index is 0.0259. The van der Waals surface area contributed by atoms with Crippen LogP contribution >= 0.6 is 11.6 Å². The van der Waals surface area contributed by atoms with E-state index in [4.69, 9.17) is 11.6 Å². The number of rotatable bonds is 6. The number of anilines is 1. The summed E-state index contributed by atoms with van der Waals surface area (Å²) in [5, 5.41) is 16.7. The highest BCUT2D eigenvalue weighted by atomic mass is 35.5. The first kappa shape index (κ1) is 22.7. The first-order valence-electron chi connectivity index (χ1n) is 9.64. The number of carbonyl (C=O) groups is 2. The fourth-order valence-corrected chi connectivity index (χ4v) is 3.05. The zero-order valence-corrected chi connectivity index (χ0v) is 18.1. The number of benzene rings is 3. The Kier molecular flexibility index (Phi) is 7.02. The number of halogens is 1. The van der Waals surface area contributed by atoms with Gasteiger partial charge in [-0.15, -0.1) is 0 Å². The lowest BCUT2D eigenvalue weighted by molar-refractivity contribution is -0.384. The van der Waals surface area contributed by atoms with Crippen LogP contribution in [0.25, 0.3) is 6.08 Å². The molecule has 7 nitrogen and oxygen atoms in total. The smallest absolute Gasteiger partial charge is 0.272 e. The van der Waals surface area contributed by atoms with Crippen LogP contribution in [0.1, 0.15) is 27.0 Å². The largest absolute Gasteiger partial charge is 0.321 e. The Balaban J connectivity index is 1.91. The summed E-state index contributed by atoms with van der Waals surface area (Å²) in [6, 6.07) is 17.7. The number of nitro groups is 1. The van der Waals surface area contributed by atoms with Crippen LogP contribution in [0.5, 0.6) is 0 Å². The predicted molar refractivity (Wildman–Crippen MR) is 125 cm³/mol. The molecule has 0 bridgehead atoms. The Labute approximate surface area is 189 Å². The van der Waals surface area contributed by atoms with Crippen molar-refractivity contribution in [3.8, 4) is 0 Å². The summed E-state index contributed by atoms with van der Waals surface area (Å²) < 4.78 is 0. The highest BCUT2D eigenvalue weighted by Gasteiger charge is 2.16. The number of non-ortho nitro benzene ring substituents is 1. The summed E-state index contributed by atoms with van der Waals surface area (Å²) in [5.41, 5.74) is 3.02. The maximum Gasteiger partial charge on any atom is 0.272 e. The van der Waals surface area contributed by atoms with Gasteiger partial charge in [0.05, 0.1) is 4.92 Å². The molecule has 0 atom stereocenters. The highest BCUT2D eigenvalue weighted by molar-refractivity contribution is 6.31. The second-order valence-corrected chi connectivity index (χ2v) is 7.56. The van der Waals surface area contributed by atoms with Crippen LogP contribution in [0.4, 0.5) is 11.4 Å². The Hall–Kier alpha value is -3.97. The van der Waals surface area contributed by atoms with E-state index in [1.807, 2.05) is 19.9 Å². The third-order valence-electron chi connectivity index (χ3n) is 4.62. The minimum atomic E-state index is -0.565. The molecule has 0 heterocycles. The van der Waals surface area contributed by atoms with Crippen LogP contribution in [0.3, 0.4) is 0 Å². The van der Waals surface area contributed by atoms with Crippen LogP contribution in [0, 0.1) is 24.0 Å². The van der Waals surface area contributed by atoms with Crippen molar-refractivity contribution >= 4 is 40.9 Å². The molecule has 0 saturated heterocycles. The number of carbonyl (C=O) groups excluding carboxylic acids is 2. The van der Waals surface area contributed by atoms with Gasteiger partial charge >= 0.3 is 0 Å². The predicted octanol–water partition coefficient (Wildman–Crippen LogP) is 5.27. The summed E-state index contributed by atoms with van der Waals surface area (Å²) in [5.74, 6) is -1.02. The molecule has 0 saturated carbocycles. The lowest BCUT2D eigenvalue weighted by Gasteiger charge is -2.12. The van der Waals surface area contributed by atoms with E-state index in [0.717, 1.165) is 11.1 Å². The van der Waals surface area contributed by atoms with E-state index >= 15 is 0 Å². The van der Waals surface area contributed by atoms with Gasteiger partial charge in [-0.05, 0) is 67.4 Å². The van der Waals surface area contributed by atoms with E-state index in [0.29, 0.717) is 21.8 Å². The van der Waals surface area contributed by atoms with Gasteiger partial charge in [-0.25, -0.2) is 0 Å². The van der Waals surface area contributed by atoms with Gasteiger partial charge in [0, 0.05) is 28.4 Å². The van der Waals surface area contributed by atoms with E-state index in [2.05, 4.69) is 10.6 Å². The van der Waals surface area contributed by atoms with Gasteiger partial charge in [-0.2, -0.15) is 0 Å². The lowest BCUT2D eigenvalue weighted by Crippen LogP contribution is -2.30. The molecule has 0 aliphatic rings. The topological polar surface area (TPSA) is 101 Å². The Bertz CT molecular complexity index is 1220. The monoisotopic (exact) mass is 449 g/mol. The summed E-state index contributed by atoms with van der Waals surface area (Å²) in [4.78, 5) is 36.1. The second-order valence-electron chi connectivity index (χ2n) is 7.15. The molecule has 3 aromatic rings. The summed E-state index contributed by atoms with van der Waals surface area (Å²) in [7, 11) is 0. The molecule has 3 aromatic carbocycles. The third-order valence-corrected chi connectivity index (χ3v) is 5.02. The summed E-state index contributed by atoms with van der Waals surface area (Å²) >= 11 is 6.14. The fraction of sp³-hybridized carbons (Fsp3) is 0.0833. The standard InChI is InChI=1S/C24H20ClN3O4/c1-15-4-3-5-18(12-15)23(29)27-22(13-17-7-10-20(11-8-17)28(31)32)24(30)26-19-9-6-16(2)21(25)14-19/h3-14H,1-2H3,(H,26,30)(H,27,29). The van der Waals surface area contributed by atoms with Crippen molar-refractivity contribution in [1.82, 2.24) is 5.32 Å². The quantitative estimate of drug-likeness (QED) is 0.304. The van der Waals surface area contributed by atoms with Crippen molar-refractivity contribution in [2.45, 2.75) is 13.8 Å². The van der Waals surface area contributed by atoms with Gasteiger partial charge in [0.2, 0.25) is 0 Å². The number of nitro benzene ring substituents is 1. The Morgan fingerprint density at radius 2 is 1.72 bits per heavy atom. The van der Waals surface area contributed by atoms with Crippen LogP contribution < -0.4 is 10.6 Å². The van der Waals surface area contributed by atoms with Crippen molar-refractivity contribution in [2.24, 2.45) is 0 Å². The minimum Gasteiger partial charge on any atom is -0.321 e. The van der Waals surface area contributed by atoms with E-state index in [1.165, 1.54) is 30.3 Å². The SMILES string of the molecule is Cc1cccc(C(=O)NC(=Cc2ccc([N+](=O)[O-])cc2)C(=O)Nc2ccc(C)c(Cl)c2)c1. The molecule has 0 aliphatic carbocycles. The van der Waals surface area contributed by atoms with Gasteiger partial charge in [-0.3, -0.25) is 19.7 Å². The van der Waals surface area contributed by atoms with Crippen molar-refractivity contribution in [1.29, 1.82) is 0 Å². The highest BCUT2D eigenvalue weighted by Crippen LogP contribution is 2.21. The molecular weight excluding hydrogens is 430 g/mol. The van der Waals surface area contributed by atoms with E-state index in [9.17, 15) is 19.7 Å². The molecule has 162 valence electrons. The van der Waals surface area contributed by atoms with Crippen LogP contribution in [0.2, 0.25) is 5.02 Å². The summed E-state index contributed by atoms with van der Waals surface area (Å²) in [6.45, 7) is 3.70. The van der Waals surface area contributed by atoms with Gasteiger partial charge in [-0.1, -0.05) is 35.4 Å². The molecule has 0 unspecified atom stereocenters. The molecular formula is C24H20ClN3O4. The van der Waals surface area contributed by atoms with Crippen LogP contribution in [-0.2, 0) is 4.79 Å². The molecule has 0 radical (unpaired) electrons. The van der Waals surface area contributed by atoms with Crippen molar-refractivity contribution in [3.05, 3.63) is 110 Å². The number of aryl methyl sites for hydroxylation is 2. The van der Waals surface area contributed by atoms with Crippen LogP contribution in [0.15, 0.2) is 72.4 Å². The van der Waals surface area contributed by atoms with Crippen molar-refractivity contribution in [2.75, 3.05) is 5.32 Å². The molecule has 2 amide bonds. The van der Waals surface area contributed by atoms with Crippen molar-refractivity contribution < 1.29 is 14.5 Å². The van der Waals surface area contributed by atoms with Gasteiger partial charge in [0.25, 0.3) is 17.5 Å². The molecule has 0 fully saturated rings. The van der Waals surface area contributed by atoms with Crippen molar-refractivity contribution in [3.63, 3.8) is 0 Å². The number of nitrogens with zero attached hydrogens (tertiary/aromatic N) is 1.